The number of hydrogen-bond donors (Lipinski definition) is 1. The summed E-state index contributed by atoms with van der Waals surface area (Å²) in [6.07, 6.45) is 5.48. The maximum absolute atomic E-state index is 12.2. The minimum atomic E-state index is -0.0644. The summed E-state index contributed by atoms with van der Waals surface area (Å²) in [7, 11) is 0. The molecule has 1 aromatic carbocycles. The number of nitrogens with one attached hydrogen (secondary N) is 1. The van der Waals surface area contributed by atoms with Crippen molar-refractivity contribution < 1.29 is 14.3 Å². The van der Waals surface area contributed by atoms with Crippen LogP contribution in [0.1, 0.15) is 49.9 Å². The topological polar surface area (TPSA) is 60.5 Å². The van der Waals surface area contributed by atoms with Crippen LogP contribution in [-0.4, -0.2) is 23.6 Å². The molecule has 1 aliphatic heterocycles. The predicted octanol–water partition coefficient (Wildman–Crippen LogP) is 3.80. The Hall–Kier alpha value is -2.40. The summed E-state index contributed by atoms with van der Waals surface area (Å²) >= 11 is 0. The van der Waals surface area contributed by atoms with Gasteiger partial charge in [0.2, 0.25) is 5.91 Å². The molecular formula is C21H26N2O3. The molecule has 1 aromatic heterocycles. The van der Waals surface area contributed by atoms with E-state index in [4.69, 9.17) is 9.47 Å². The summed E-state index contributed by atoms with van der Waals surface area (Å²) in [5, 5.41) is 3.06. The van der Waals surface area contributed by atoms with Crippen LogP contribution in [0.15, 0.2) is 48.7 Å². The van der Waals surface area contributed by atoms with Crippen LogP contribution in [0.3, 0.4) is 0 Å². The fourth-order valence-electron chi connectivity index (χ4n) is 3.08. The summed E-state index contributed by atoms with van der Waals surface area (Å²) in [6, 6.07) is 13.5. The van der Waals surface area contributed by atoms with Gasteiger partial charge in [-0.15, -0.1) is 0 Å². The molecule has 0 unspecified atom stereocenters. The van der Waals surface area contributed by atoms with E-state index in [2.05, 4.69) is 10.3 Å². The minimum absolute atomic E-state index is 0.0628. The van der Waals surface area contributed by atoms with Gasteiger partial charge in [-0.05, 0) is 56.0 Å². The van der Waals surface area contributed by atoms with Crippen LogP contribution in [0.25, 0.3) is 0 Å². The van der Waals surface area contributed by atoms with E-state index < -0.39 is 0 Å². The first-order chi connectivity index (χ1) is 12.7. The highest BCUT2D eigenvalue weighted by atomic mass is 16.5. The summed E-state index contributed by atoms with van der Waals surface area (Å²) in [5.74, 6) is 0.835. The highest BCUT2D eigenvalue weighted by molar-refractivity contribution is 5.76. The lowest BCUT2D eigenvalue weighted by molar-refractivity contribution is -0.122. The number of pyridine rings is 1. The third-order valence-corrected chi connectivity index (χ3v) is 4.57. The van der Waals surface area contributed by atoms with Crippen LogP contribution in [0, 0.1) is 0 Å². The lowest BCUT2D eigenvalue weighted by Crippen LogP contribution is -2.27. The lowest BCUT2D eigenvalue weighted by atomic mass is 10.1. The molecule has 3 rings (SSSR count). The Morgan fingerprint density at radius 3 is 3.04 bits per heavy atom. The van der Waals surface area contributed by atoms with Gasteiger partial charge < -0.3 is 14.8 Å². The Bertz CT molecular complexity index is 699. The van der Waals surface area contributed by atoms with Crippen molar-refractivity contribution in [1.29, 1.82) is 0 Å². The third-order valence-electron chi connectivity index (χ3n) is 4.57. The highest BCUT2D eigenvalue weighted by Crippen LogP contribution is 2.21. The van der Waals surface area contributed by atoms with Crippen molar-refractivity contribution in [3.8, 4) is 5.75 Å². The molecule has 0 aliphatic carbocycles. The number of ether oxygens (including phenoxy) is 2. The van der Waals surface area contributed by atoms with E-state index in [0.29, 0.717) is 13.0 Å². The number of rotatable bonds is 8. The second kappa shape index (κ2) is 9.34. The predicted molar refractivity (Wildman–Crippen MR) is 99.8 cm³/mol. The minimum Gasteiger partial charge on any atom is -0.487 e. The molecule has 0 saturated carbocycles. The number of carbonyl (C=O) groups excluding carboxylic acids is 1. The zero-order valence-electron chi connectivity index (χ0n) is 15.2. The molecule has 2 atom stereocenters. The molecule has 138 valence electrons. The second-order valence-corrected chi connectivity index (χ2v) is 6.65. The van der Waals surface area contributed by atoms with Crippen molar-refractivity contribution in [1.82, 2.24) is 10.3 Å². The van der Waals surface area contributed by atoms with E-state index in [1.54, 1.807) is 6.20 Å². The number of nitrogens with zero attached hydrogens (tertiary/aromatic N) is 1. The SMILES string of the molecule is C[C@H](NC(=O)CC[C@H]1CCCO1)c1cccc(OCc2ccccn2)c1. The van der Waals surface area contributed by atoms with E-state index in [9.17, 15) is 4.79 Å². The van der Waals surface area contributed by atoms with Gasteiger partial charge >= 0.3 is 0 Å². The number of hydrogen-bond acceptors (Lipinski definition) is 4. The molecule has 1 fully saturated rings. The first-order valence-corrected chi connectivity index (χ1v) is 9.24. The molecule has 5 heteroatoms. The Kier molecular flexibility index (Phi) is 6.61. The van der Waals surface area contributed by atoms with Crippen LogP contribution >= 0.6 is 0 Å². The maximum Gasteiger partial charge on any atom is 0.220 e. The lowest BCUT2D eigenvalue weighted by Gasteiger charge is -2.16. The number of benzene rings is 1. The van der Waals surface area contributed by atoms with Gasteiger partial charge in [-0.1, -0.05) is 18.2 Å². The van der Waals surface area contributed by atoms with Crippen LogP contribution < -0.4 is 10.1 Å². The maximum atomic E-state index is 12.2. The van der Waals surface area contributed by atoms with Crippen LogP contribution in [-0.2, 0) is 16.1 Å². The third kappa shape index (κ3) is 5.56. The molecule has 0 bridgehead atoms. The summed E-state index contributed by atoms with van der Waals surface area (Å²) in [4.78, 5) is 16.4. The molecule has 1 amide bonds. The van der Waals surface area contributed by atoms with Crippen molar-refractivity contribution in [2.45, 2.75) is 51.4 Å². The van der Waals surface area contributed by atoms with E-state index in [1.807, 2.05) is 49.4 Å². The zero-order chi connectivity index (χ0) is 18.2. The van der Waals surface area contributed by atoms with E-state index in [-0.39, 0.29) is 18.1 Å². The van der Waals surface area contributed by atoms with Crippen molar-refractivity contribution in [3.63, 3.8) is 0 Å². The smallest absolute Gasteiger partial charge is 0.220 e. The van der Waals surface area contributed by atoms with Crippen molar-refractivity contribution in [3.05, 3.63) is 59.9 Å². The quantitative estimate of drug-likeness (QED) is 0.783. The van der Waals surface area contributed by atoms with Gasteiger partial charge in [-0.2, -0.15) is 0 Å². The molecule has 2 heterocycles. The number of amides is 1. The van der Waals surface area contributed by atoms with Gasteiger partial charge in [-0.25, -0.2) is 0 Å². The highest BCUT2D eigenvalue weighted by Gasteiger charge is 2.17. The molecular weight excluding hydrogens is 328 g/mol. The van der Waals surface area contributed by atoms with Gasteiger partial charge in [-0.3, -0.25) is 9.78 Å². The Balaban J connectivity index is 1.48. The Labute approximate surface area is 154 Å². The van der Waals surface area contributed by atoms with Crippen LogP contribution in [0.4, 0.5) is 0 Å². The fraction of sp³-hybridized carbons (Fsp3) is 0.429. The van der Waals surface area contributed by atoms with Crippen molar-refractivity contribution in [2.24, 2.45) is 0 Å². The molecule has 26 heavy (non-hydrogen) atoms. The molecule has 1 saturated heterocycles. The molecule has 1 aliphatic rings. The molecule has 5 nitrogen and oxygen atoms in total. The number of aromatic nitrogens is 1. The van der Waals surface area contributed by atoms with E-state index in [1.165, 1.54) is 0 Å². The molecule has 0 spiro atoms. The van der Waals surface area contributed by atoms with Gasteiger partial charge in [0.1, 0.15) is 12.4 Å². The Morgan fingerprint density at radius 1 is 1.35 bits per heavy atom. The first kappa shape index (κ1) is 18.4. The van der Waals surface area contributed by atoms with Gasteiger partial charge in [0.25, 0.3) is 0 Å². The van der Waals surface area contributed by atoms with E-state index >= 15 is 0 Å². The fourth-order valence-corrected chi connectivity index (χ4v) is 3.08. The van der Waals surface area contributed by atoms with Crippen molar-refractivity contribution >= 4 is 5.91 Å². The average Bonchev–Trinajstić information content (AvgIpc) is 3.19. The molecule has 2 aromatic rings. The van der Waals surface area contributed by atoms with Crippen LogP contribution in [0.5, 0.6) is 5.75 Å². The summed E-state index contributed by atoms with van der Waals surface area (Å²) in [6.45, 7) is 3.24. The monoisotopic (exact) mass is 354 g/mol. The van der Waals surface area contributed by atoms with Crippen LogP contribution in [0.2, 0.25) is 0 Å². The summed E-state index contributed by atoms with van der Waals surface area (Å²) < 4.78 is 11.4. The largest absolute Gasteiger partial charge is 0.487 e. The average molecular weight is 354 g/mol. The van der Waals surface area contributed by atoms with Gasteiger partial charge in [0.15, 0.2) is 0 Å². The van der Waals surface area contributed by atoms with E-state index in [0.717, 1.165) is 42.9 Å². The second-order valence-electron chi connectivity index (χ2n) is 6.65. The molecule has 1 N–H and O–H groups in total. The normalized spacial score (nSPS) is 17.7. The Morgan fingerprint density at radius 2 is 2.27 bits per heavy atom. The zero-order valence-corrected chi connectivity index (χ0v) is 15.2. The summed E-state index contributed by atoms with van der Waals surface area (Å²) in [5.41, 5.74) is 1.90. The number of carbonyl (C=O) groups is 1. The van der Waals surface area contributed by atoms with Crippen molar-refractivity contribution in [2.75, 3.05) is 6.61 Å². The standard InChI is InChI=1S/C21H26N2O3/c1-16(23-21(24)11-10-19-9-5-13-25-19)17-6-4-8-20(14-17)26-15-18-7-2-3-12-22-18/h2-4,6-8,12,14,16,19H,5,9-11,13,15H2,1H3,(H,23,24)/t16-,19+/m0/s1. The van der Waals surface area contributed by atoms with Gasteiger partial charge in [0, 0.05) is 19.2 Å². The van der Waals surface area contributed by atoms with Gasteiger partial charge in [0.05, 0.1) is 17.8 Å². The molecule has 0 radical (unpaired) electrons. The first-order valence-electron chi connectivity index (χ1n) is 9.24.